The summed E-state index contributed by atoms with van der Waals surface area (Å²) in [4.78, 5) is 11.0. The lowest BCUT2D eigenvalue weighted by atomic mass is 9.97. The van der Waals surface area contributed by atoms with Crippen molar-refractivity contribution in [2.45, 2.75) is 33.8 Å². The van der Waals surface area contributed by atoms with Crippen LogP contribution >= 0.6 is 0 Å². The summed E-state index contributed by atoms with van der Waals surface area (Å²) in [5.74, 6) is -0.199. The molecule has 0 unspecified atom stereocenters. The molecule has 0 amide bonds. The van der Waals surface area contributed by atoms with Crippen molar-refractivity contribution in [2.75, 3.05) is 0 Å². The summed E-state index contributed by atoms with van der Waals surface area (Å²) in [6.45, 7) is 10.7. The summed E-state index contributed by atoms with van der Waals surface area (Å²) in [7, 11) is 0. The first-order chi connectivity index (χ1) is 4.34. The van der Waals surface area contributed by atoms with E-state index in [2.05, 4.69) is 6.92 Å². The topological polar surface area (TPSA) is 26.3 Å². The number of rotatable bonds is 1. The molecule has 59 valence electrons. The van der Waals surface area contributed by atoms with E-state index < -0.39 is 5.41 Å². The summed E-state index contributed by atoms with van der Waals surface area (Å²) in [5.41, 5.74) is -0.411. The second-order valence-corrected chi connectivity index (χ2v) is 3.47. The average molecular weight is 143 g/mol. The van der Waals surface area contributed by atoms with Gasteiger partial charge in [-0.15, -0.1) is 0 Å². The number of carbonyl (C=O) groups is 1. The zero-order chi connectivity index (χ0) is 8.36. The van der Waals surface area contributed by atoms with E-state index in [1.807, 2.05) is 20.8 Å². The normalized spacial score (nSPS) is 11.8. The molecule has 0 rings (SSSR count). The summed E-state index contributed by atoms with van der Waals surface area (Å²) in [5, 5.41) is 0. The Morgan fingerprint density at radius 3 is 2.00 bits per heavy atom. The molecule has 0 aliphatic heterocycles. The molecule has 2 nitrogen and oxygen atoms in total. The molecule has 0 saturated heterocycles. The van der Waals surface area contributed by atoms with Crippen LogP contribution in [0.5, 0.6) is 0 Å². The fourth-order valence-corrected chi connectivity index (χ4v) is 0.360. The third-order valence-electron chi connectivity index (χ3n) is 0.921. The van der Waals surface area contributed by atoms with Crippen LogP contribution in [0.25, 0.3) is 0 Å². The largest absolute Gasteiger partial charge is 0.462 e. The molecule has 0 aromatic heterocycles. The predicted octanol–water partition coefficient (Wildman–Crippen LogP) is 1.80. The first kappa shape index (κ1) is 9.47. The van der Waals surface area contributed by atoms with Crippen molar-refractivity contribution in [1.29, 1.82) is 0 Å². The highest BCUT2D eigenvalue weighted by atomic mass is 16.5. The second kappa shape index (κ2) is 3.04. The van der Waals surface area contributed by atoms with Crippen LogP contribution in [0, 0.1) is 12.3 Å². The van der Waals surface area contributed by atoms with Crippen LogP contribution in [-0.2, 0) is 9.53 Å². The fourth-order valence-electron chi connectivity index (χ4n) is 0.360. The lowest BCUT2D eigenvalue weighted by molar-refractivity contribution is -0.155. The van der Waals surface area contributed by atoms with Crippen LogP contribution in [0.1, 0.15) is 27.7 Å². The van der Waals surface area contributed by atoms with E-state index in [-0.39, 0.29) is 12.1 Å². The van der Waals surface area contributed by atoms with Crippen LogP contribution in [0.15, 0.2) is 0 Å². The van der Waals surface area contributed by atoms with E-state index in [1.54, 1.807) is 6.92 Å². The minimum atomic E-state index is -0.411. The molecule has 0 bridgehead atoms. The number of esters is 1. The van der Waals surface area contributed by atoms with Crippen molar-refractivity contribution >= 4 is 5.97 Å². The van der Waals surface area contributed by atoms with Crippen LogP contribution in [-0.4, -0.2) is 12.1 Å². The predicted molar refractivity (Wildman–Crippen MR) is 40.4 cm³/mol. The Bertz CT molecular complexity index is 120. The summed E-state index contributed by atoms with van der Waals surface area (Å²) >= 11 is 0. The first-order valence-corrected chi connectivity index (χ1v) is 3.38. The number of carbonyl (C=O) groups excluding carboxylic acids is 1. The number of ether oxygens (including phenoxy) is 1. The van der Waals surface area contributed by atoms with Crippen molar-refractivity contribution in [3.8, 4) is 0 Å². The molecule has 1 radical (unpaired) electrons. The summed E-state index contributed by atoms with van der Waals surface area (Å²) in [6, 6.07) is 0. The van der Waals surface area contributed by atoms with Crippen molar-refractivity contribution in [3.63, 3.8) is 0 Å². The minimum Gasteiger partial charge on any atom is -0.462 e. The molecule has 0 aromatic carbocycles. The lowest BCUT2D eigenvalue weighted by Gasteiger charge is -2.18. The van der Waals surface area contributed by atoms with Crippen molar-refractivity contribution in [3.05, 3.63) is 6.92 Å². The molecular formula is C8H15O2. The van der Waals surface area contributed by atoms with Gasteiger partial charge in [0.1, 0.15) is 0 Å². The van der Waals surface area contributed by atoms with Crippen molar-refractivity contribution < 1.29 is 9.53 Å². The van der Waals surface area contributed by atoms with Gasteiger partial charge in [0.05, 0.1) is 11.5 Å². The highest BCUT2D eigenvalue weighted by molar-refractivity contribution is 5.75. The standard InChI is InChI=1S/C8H15O2/c1-6(2)10-7(9)8(3,4)5/h6H,1H2,2-5H3/t6-/m0/s1. The Hall–Kier alpha value is -0.530. The zero-order valence-electron chi connectivity index (χ0n) is 7.10. The van der Waals surface area contributed by atoms with Gasteiger partial charge in [-0.05, 0) is 34.6 Å². The van der Waals surface area contributed by atoms with E-state index in [4.69, 9.17) is 4.74 Å². The van der Waals surface area contributed by atoms with E-state index >= 15 is 0 Å². The van der Waals surface area contributed by atoms with E-state index in [9.17, 15) is 4.79 Å². The molecule has 0 spiro atoms. The molecule has 0 heterocycles. The monoisotopic (exact) mass is 143 g/mol. The summed E-state index contributed by atoms with van der Waals surface area (Å²) in [6.07, 6.45) is -0.258. The third kappa shape index (κ3) is 3.49. The molecule has 0 N–H and O–H groups in total. The molecule has 0 aliphatic carbocycles. The third-order valence-corrected chi connectivity index (χ3v) is 0.921. The molecular weight excluding hydrogens is 128 g/mol. The molecule has 10 heavy (non-hydrogen) atoms. The smallest absolute Gasteiger partial charge is 0.311 e. The van der Waals surface area contributed by atoms with Gasteiger partial charge in [0.15, 0.2) is 0 Å². The van der Waals surface area contributed by atoms with Crippen molar-refractivity contribution in [2.24, 2.45) is 5.41 Å². The fraction of sp³-hybridized carbons (Fsp3) is 0.750. The SMILES string of the molecule is [CH2][C@@H](C)OC(=O)C(C)(C)C. The van der Waals surface area contributed by atoms with Crippen molar-refractivity contribution in [1.82, 2.24) is 0 Å². The van der Waals surface area contributed by atoms with Gasteiger partial charge in [-0.25, -0.2) is 0 Å². The van der Waals surface area contributed by atoms with Gasteiger partial charge in [-0.3, -0.25) is 4.79 Å². The van der Waals surface area contributed by atoms with Crippen LogP contribution in [0.2, 0.25) is 0 Å². The number of hydrogen-bond acceptors (Lipinski definition) is 2. The van der Waals surface area contributed by atoms with Crippen LogP contribution in [0.3, 0.4) is 0 Å². The molecule has 2 heteroatoms. The van der Waals surface area contributed by atoms with Gasteiger partial charge in [0.25, 0.3) is 0 Å². The average Bonchev–Trinajstić information content (AvgIpc) is 1.60. The Morgan fingerprint density at radius 1 is 1.50 bits per heavy atom. The Morgan fingerprint density at radius 2 is 1.90 bits per heavy atom. The highest BCUT2D eigenvalue weighted by Gasteiger charge is 2.23. The van der Waals surface area contributed by atoms with Gasteiger partial charge in [0, 0.05) is 0 Å². The van der Waals surface area contributed by atoms with Crippen LogP contribution < -0.4 is 0 Å². The maximum absolute atomic E-state index is 11.0. The van der Waals surface area contributed by atoms with Gasteiger partial charge < -0.3 is 4.74 Å². The minimum absolute atomic E-state index is 0.199. The molecule has 1 atom stereocenters. The highest BCUT2D eigenvalue weighted by Crippen LogP contribution is 2.15. The Kier molecular flexibility index (Phi) is 2.88. The van der Waals surface area contributed by atoms with Gasteiger partial charge in [-0.1, -0.05) is 0 Å². The summed E-state index contributed by atoms with van der Waals surface area (Å²) < 4.78 is 4.86. The molecule has 0 aromatic rings. The van der Waals surface area contributed by atoms with Gasteiger partial charge in [-0.2, -0.15) is 0 Å². The molecule has 0 fully saturated rings. The number of hydrogen-bond donors (Lipinski definition) is 0. The quantitative estimate of drug-likeness (QED) is 0.523. The maximum Gasteiger partial charge on any atom is 0.311 e. The lowest BCUT2D eigenvalue weighted by Crippen LogP contribution is -2.25. The zero-order valence-corrected chi connectivity index (χ0v) is 7.10. The maximum atomic E-state index is 11.0. The van der Waals surface area contributed by atoms with Crippen LogP contribution in [0.4, 0.5) is 0 Å². The Balaban J connectivity index is 3.87. The molecule has 0 saturated carbocycles. The van der Waals surface area contributed by atoms with E-state index in [0.717, 1.165) is 0 Å². The second-order valence-electron chi connectivity index (χ2n) is 3.47. The van der Waals surface area contributed by atoms with Gasteiger partial charge in [0.2, 0.25) is 0 Å². The first-order valence-electron chi connectivity index (χ1n) is 3.38. The molecule has 0 aliphatic rings. The van der Waals surface area contributed by atoms with E-state index in [0.29, 0.717) is 0 Å². The van der Waals surface area contributed by atoms with E-state index in [1.165, 1.54) is 0 Å². The van der Waals surface area contributed by atoms with Gasteiger partial charge >= 0.3 is 5.97 Å². The Labute approximate surface area is 62.6 Å².